The van der Waals surface area contributed by atoms with E-state index in [1.165, 1.54) is 6.42 Å². The Bertz CT molecular complexity index is 570. The van der Waals surface area contributed by atoms with Gasteiger partial charge in [-0.05, 0) is 56.9 Å². The molecule has 2 amide bonds. The molecular weight excluding hydrogens is 290 g/mol. The zero-order valence-corrected chi connectivity index (χ0v) is 13.8. The van der Waals surface area contributed by atoms with Crippen LogP contribution in [0.3, 0.4) is 0 Å². The number of likely N-dealkylation sites (tertiary alicyclic amines) is 1. The van der Waals surface area contributed by atoms with Gasteiger partial charge in [0.15, 0.2) is 0 Å². The largest absolute Gasteiger partial charge is 0.376 e. The Hall–Kier alpha value is -2.04. The van der Waals surface area contributed by atoms with Crippen LogP contribution >= 0.6 is 0 Å². The van der Waals surface area contributed by atoms with Gasteiger partial charge in [0, 0.05) is 36.9 Å². The molecule has 3 rings (SSSR count). The Kier molecular flexibility index (Phi) is 4.84. The predicted octanol–water partition coefficient (Wildman–Crippen LogP) is 2.63. The standard InChI is InChI=1S/C18H25N3O2/c1-14-5-2-3-11-20(14)18(23)13-19-15-7-9-16(10-8-15)21-12-4-6-17(21)22/h7-10,14,19H,2-6,11-13H2,1H3. The van der Waals surface area contributed by atoms with Gasteiger partial charge in [0.25, 0.3) is 0 Å². The molecule has 2 aliphatic heterocycles. The van der Waals surface area contributed by atoms with E-state index in [9.17, 15) is 9.59 Å². The van der Waals surface area contributed by atoms with Crippen LogP contribution in [-0.4, -0.2) is 42.4 Å². The molecule has 5 heteroatoms. The van der Waals surface area contributed by atoms with Crippen molar-refractivity contribution < 1.29 is 9.59 Å². The van der Waals surface area contributed by atoms with Crippen molar-refractivity contribution in [3.05, 3.63) is 24.3 Å². The molecule has 0 saturated carbocycles. The quantitative estimate of drug-likeness (QED) is 0.929. The van der Waals surface area contributed by atoms with Gasteiger partial charge in [-0.1, -0.05) is 0 Å². The van der Waals surface area contributed by atoms with Crippen molar-refractivity contribution in [2.75, 3.05) is 29.9 Å². The maximum Gasteiger partial charge on any atom is 0.242 e. The topological polar surface area (TPSA) is 52.7 Å². The van der Waals surface area contributed by atoms with Crippen LogP contribution in [0, 0.1) is 0 Å². The molecular formula is C18H25N3O2. The fraction of sp³-hybridized carbons (Fsp3) is 0.556. The molecule has 2 heterocycles. The third kappa shape index (κ3) is 3.66. The van der Waals surface area contributed by atoms with E-state index in [0.29, 0.717) is 19.0 Å². The third-order valence-corrected chi connectivity index (χ3v) is 4.82. The highest BCUT2D eigenvalue weighted by Gasteiger charge is 2.23. The van der Waals surface area contributed by atoms with E-state index in [2.05, 4.69) is 12.2 Å². The molecule has 124 valence electrons. The highest BCUT2D eigenvalue weighted by atomic mass is 16.2. The van der Waals surface area contributed by atoms with Crippen molar-refractivity contribution >= 4 is 23.2 Å². The second-order valence-corrected chi connectivity index (χ2v) is 6.48. The fourth-order valence-corrected chi connectivity index (χ4v) is 3.43. The van der Waals surface area contributed by atoms with Crippen molar-refractivity contribution in [3.8, 4) is 0 Å². The lowest BCUT2D eigenvalue weighted by Gasteiger charge is -2.33. The van der Waals surface area contributed by atoms with Crippen LogP contribution in [-0.2, 0) is 9.59 Å². The fourth-order valence-electron chi connectivity index (χ4n) is 3.43. The molecule has 1 atom stereocenters. The Balaban J connectivity index is 1.54. The van der Waals surface area contributed by atoms with E-state index in [1.54, 1.807) is 0 Å². The van der Waals surface area contributed by atoms with Gasteiger partial charge in [-0.3, -0.25) is 9.59 Å². The third-order valence-electron chi connectivity index (χ3n) is 4.82. The summed E-state index contributed by atoms with van der Waals surface area (Å²) in [6.07, 6.45) is 5.00. The summed E-state index contributed by atoms with van der Waals surface area (Å²) in [6.45, 7) is 4.12. The minimum absolute atomic E-state index is 0.163. The predicted molar refractivity (Wildman–Crippen MR) is 91.5 cm³/mol. The SMILES string of the molecule is CC1CCCCN1C(=O)CNc1ccc(N2CCCC2=O)cc1. The van der Waals surface area contributed by atoms with Gasteiger partial charge < -0.3 is 15.1 Å². The molecule has 1 aromatic carbocycles. The lowest BCUT2D eigenvalue weighted by molar-refractivity contribution is -0.132. The lowest BCUT2D eigenvalue weighted by atomic mass is 10.0. The highest BCUT2D eigenvalue weighted by molar-refractivity contribution is 5.95. The van der Waals surface area contributed by atoms with Gasteiger partial charge in [0.1, 0.15) is 0 Å². The number of amides is 2. The Morgan fingerprint density at radius 1 is 1.17 bits per heavy atom. The smallest absolute Gasteiger partial charge is 0.242 e. The van der Waals surface area contributed by atoms with Gasteiger partial charge >= 0.3 is 0 Å². The summed E-state index contributed by atoms with van der Waals surface area (Å²) in [5, 5.41) is 3.20. The average Bonchev–Trinajstić information content (AvgIpc) is 2.99. The number of piperidine rings is 1. The number of nitrogens with one attached hydrogen (secondary N) is 1. The molecule has 1 aromatic rings. The molecule has 2 saturated heterocycles. The number of carbonyl (C=O) groups excluding carboxylic acids is 2. The number of nitrogens with zero attached hydrogens (tertiary/aromatic N) is 2. The molecule has 5 nitrogen and oxygen atoms in total. The van der Waals surface area contributed by atoms with Gasteiger partial charge in [0.2, 0.25) is 11.8 Å². The Labute approximate surface area is 137 Å². The first kappa shape index (κ1) is 15.8. The number of carbonyl (C=O) groups is 2. The van der Waals surface area contributed by atoms with Crippen LogP contribution in [0.1, 0.15) is 39.0 Å². The Morgan fingerprint density at radius 2 is 1.96 bits per heavy atom. The van der Waals surface area contributed by atoms with E-state index in [1.807, 2.05) is 34.1 Å². The summed E-state index contributed by atoms with van der Waals surface area (Å²) in [5.74, 6) is 0.357. The summed E-state index contributed by atoms with van der Waals surface area (Å²) >= 11 is 0. The van der Waals surface area contributed by atoms with Crippen LogP contribution in [0.4, 0.5) is 11.4 Å². The molecule has 2 aliphatic rings. The normalized spacial score (nSPS) is 21.6. The van der Waals surface area contributed by atoms with Gasteiger partial charge in [-0.2, -0.15) is 0 Å². The number of hydrogen-bond donors (Lipinski definition) is 1. The second kappa shape index (κ2) is 7.02. The molecule has 2 fully saturated rings. The molecule has 1 unspecified atom stereocenters. The molecule has 23 heavy (non-hydrogen) atoms. The first-order valence-corrected chi connectivity index (χ1v) is 8.59. The number of rotatable bonds is 4. The van der Waals surface area contributed by atoms with Gasteiger partial charge in [-0.25, -0.2) is 0 Å². The van der Waals surface area contributed by atoms with Crippen molar-refractivity contribution in [1.29, 1.82) is 0 Å². The Morgan fingerprint density at radius 3 is 2.61 bits per heavy atom. The first-order chi connectivity index (χ1) is 11.1. The molecule has 0 aromatic heterocycles. The van der Waals surface area contributed by atoms with E-state index < -0.39 is 0 Å². The zero-order valence-electron chi connectivity index (χ0n) is 13.8. The van der Waals surface area contributed by atoms with Crippen molar-refractivity contribution in [2.24, 2.45) is 0 Å². The minimum Gasteiger partial charge on any atom is -0.376 e. The number of benzene rings is 1. The summed E-state index contributed by atoms with van der Waals surface area (Å²) < 4.78 is 0. The van der Waals surface area contributed by atoms with E-state index in [4.69, 9.17) is 0 Å². The monoisotopic (exact) mass is 315 g/mol. The van der Waals surface area contributed by atoms with E-state index >= 15 is 0 Å². The van der Waals surface area contributed by atoms with Crippen LogP contribution in [0.25, 0.3) is 0 Å². The zero-order chi connectivity index (χ0) is 16.2. The summed E-state index contributed by atoms with van der Waals surface area (Å²) in [4.78, 5) is 27.9. The summed E-state index contributed by atoms with van der Waals surface area (Å²) in [5.41, 5.74) is 1.85. The average molecular weight is 315 g/mol. The van der Waals surface area contributed by atoms with Crippen LogP contribution in [0.5, 0.6) is 0 Å². The van der Waals surface area contributed by atoms with Crippen molar-refractivity contribution in [1.82, 2.24) is 4.90 Å². The van der Waals surface area contributed by atoms with Gasteiger partial charge in [-0.15, -0.1) is 0 Å². The maximum atomic E-state index is 12.3. The molecule has 0 spiro atoms. The number of anilines is 2. The summed E-state index contributed by atoms with van der Waals surface area (Å²) in [6, 6.07) is 8.11. The van der Waals surface area contributed by atoms with Crippen molar-refractivity contribution in [2.45, 2.75) is 45.1 Å². The second-order valence-electron chi connectivity index (χ2n) is 6.48. The number of hydrogen-bond acceptors (Lipinski definition) is 3. The minimum atomic E-state index is 0.163. The van der Waals surface area contributed by atoms with Gasteiger partial charge in [0.05, 0.1) is 6.54 Å². The van der Waals surface area contributed by atoms with Crippen molar-refractivity contribution in [3.63, 3.8) is 0 Å². The lowest BCUT2D eigenvalue weighted by Crippen LogP contribution is -2.44. The molecule has 0 bridgehead atoms. The van der Waals surface area contributed by atoms with E-state index in [0.717, 1.165) is 43.7 Å². The van der Waals surface area contributed by atoms with Crippen LogP contribution in [0.15, 0.2) is 24.3 Å². The maximum absolute atomic E-state index is 12.3. The molecule has 0 radical (unpaired) electrons. The molecule has 1 N–H and O–H groups in total. The van der Waals surface area contributed by atoms with Crippen LogP contribution < -0.4 is 10.2 Å². The van der Waals surface area contributed by atoms with E-state index in [-0.39, 0.29) is 11.8 Å². The molecule has 0 aliphatic carbocycles. The highest BCUT2D eigenvalue weighted by Crippen LogP contribution is 2.23. The van der Waals surface area contributed by atoms with Crippen LogP contribution in [0.2, 0.25) is 0 Å². The first-order valence-electron chi connectivity index (χ1n) is 8.59. The summed E-state index contributed by atoms with van der Waals surface area (Å²) in [7, 11) is 0.